The first-order chi connectivity index (χ1) is 14.2. The third-order valence-electron chi connectivity index (χ3n) is 7.00. The third-order valence-corrected chi connectivity index (χ3v) is 7.00. The van der Waals surface area contributed by atoms with Crippen molar-refractivity contribution in [3.8, 4) is 0 Å². The highest BCUT2D eigenvalue weighted by Crippen LogP contribution is 2.43. The highest BCUT2D eigenvalue weighted by molar-refractivity contribution is 5.56. The van der Waals surface area contributed by atoms with Crippen molar-refractivity contribution >= 4 is 11.5 Å². The number of rotatable bonds is 4. The van der Waals surface area contributed by atoms with E-state index in [-0.39, 0.29) is 11.7 Å². The number of nitrogens with zero attached hydrogens (tertiary/aromatic N) is 2. The summed E-state index contributed by atoms with van der Waals surface area (Å²) < 4.78 is 5.69. The molecule has 3 aliphatic rings. The lowest BCUT2D eigenvalue weighted by Gasteiger charge is -2.42. The molecular formula is C24H31N3O2. The number of aromatic nitrogens is 1. The molecule has 2 aromatic rings. The van der Waals surface area contributed by atoms with E-state index in [1.807, 2.05) is 0 Å². The Morgan fingerprint density at radius 3 is 2.83 bits per heavy atom. The van der Waals surface area contributed by atoms with Crippen molar-refractivity contribution in [1.29, 1.82) is 0 Å². The normalized spacial score (nSPS) is 29.3. The number of nitrogens with one attached hydrogen (secondary N) is 1. The van der Waals surface area contributed by atoms with E-state index in [4.69, 9.17) is 4.74 Å². The van der Waals surface area contributed by atoms with Crippen LogP contribution >= 0.6 is 0 Å². The number of hydrogen-bond acceptors (Lipinski definition) is 4. The van der Waals surface area contributed by atoms with E-state index in [1.165, 1.54) is 24.8 Å². The number of ether oxygens (including phenoxy) is 1. The summed E-state index contributed by atoms with van der Waals surface area (Å²) in [6, 6.07) is 15.2. The van der Waals surface area contributed by atoms with Gasteiger partial charge in [-0.3, -0.25) is 4.79 Å². The molecule has 2 saturated heterocycles. The lowest BCUT2D eigenvalue weighted by Crippen LogP contribution is -2.48. The van der Waals surface area contributed by atoms with Crippen LogP contribution in [0, 0.1) is 11.8 Å². The maximum absolute atomic E-state index is 12.6. The summed E-state index contributed by atoms with van der Waals surface area (Å²) >= 11 is 0. The standard InChI is InChI=1S/C24H31N3O2/c1-17-15-26(9-10-29-17)21-13-23(25-24(28)14-21)27-16-19-7-8-20(11-19)22(27)12-18-5-3-2-4-6-18/h2-6,13-14,17,19-20,22H,7-12,15-16H2,1H3,(H,25,28)/t17-,19+,20-,22+/m1/s1. The van der Waals surface area contributed by atoms with Crippen molar-refractivity contribution < 1.29 is 4.74 Å². The number of fused-ring (bicyclic) bond motifs is 2. The van der Waals surface area contributed by atoms with Crippen molar-refractivity contribution in [2.24, 2.45) is 11.8 Å². The summed E-state index contributed by atoms with van der Waals surface area (Å²) in [5.74, 6) is 2.45. The smallest absolute Gasteiger partial charge is 0.251 e. The molecule has 5 nitrogen and oxygen atoms in total. The molecule has 0 unspecified atom stereocenters. The first kappa shape index (κ1) is 18.7. The molecule has 1 aliphatic carbocycles. The summed E-state index contributed by atoms with van der Waals surface area (Å²) in [5, 5.41) is 0. The van der Waals surface area contributed by atoms with Crippen LogP contribution in [0.2, 0.25) is 0 Å². The molecule has 1 saturated carbocycles. The largest absolute Gasteiger partial charge is 0.375 e. The quantitative estimate of drug-likeness (QED) is 0.864. The fraction of sp³-hybridized carbons (Fsp3) is 0.542. The summed E-state index contributed by atoms with van der Waals surface area (Å²) in [6.45, 7) is 5.53. The third kappa shape index (κ3) is 3.93. The van der Waals surface area contributed by atoms with Gasteiger partial charge in [-0.2, -0.15) is 0 Å². The van der Waals surface area contributed by atoms with Crippen LogP contribution in [-0.4, -0.2) is 43.4 Å². The number of morpholine rings is 1. The number of H-pyrrole nitrogens is 1. The van der Waals surface area contributed by atoms with Gasteiger partial charge in [-0.05, 0) is 50.0 Å². The second kappa shape index (κ2) is 7.86. The van der Waals surface area contributed by atoms with Crippen LogP contribution in [0.15, 0.2) is 47.3 Å². The van der Waals surface area contributed by atoms with E-state index in [1.54, 1.807) is 6.07 Å². The van der Waals surface area contributed by atoms with Crippen LogP contribution in [0.1, 0.15) is 31.7 Å². The van der Waals surface area contributed by atoms with Gasteiger partial charge in [0.05, 0.1) is 12.7 Å². The van der Waals surface area contributed by atoms with Crippen molar-refractivity contribution in [3.05, 3.63) is 58.4 Å². The predicted molar refractivity (Wildman–Crippen MR) is 117 cm³/mol. The fourth-order valence-electron chi connectivity index (χ4n) is 5.61. The zero-order valence-electron chi connectivity index (χ0n) is 17.2. The van der Waals surface area contributed by atoms with Gasteiger partial charge >= 0.3 is 0 Å². The number of anilines is 2. The zero-order chi connectivity index (χ0) is 19.8. The van der Waals surface area contributed by atoms with Gasteiger partial charge in [-0.1, -0.05) is 30.3 Å². The maximum Gasteiger partial charge on any atom is 0.251 e. The fourth-order valence-corrected chi connectivity index (χ4v) is 5.61. The molecule has 0 spiro atoms. The van der Waals surface area contributed by atoms with E-state index in [9.17, 15) is 4.79 Å². The van der Waals surface area contributed by atoms with Crippen LogP contribution in [0.4, 0.5) is 11.5 Å². The number of piperidine rings is 1. The van der Waals surface area contributed by atoms with Gasteiger partial charge in [-0.15, -0.1) is 0 Å². The Morgan fingerprint density at radius 2 is 2.00 bits per heavy atom. The molecule has 5 heteroatoms. The molecule has 154 valence electrons. The summed E-state index contributed by atoms with van der Waals surface area (Å²) in [5.41, 5.74) is 2.40. The Balaban J connectivity index is 1.46. The van der Waals surface area contributed by atoms with Gasteiger partial charge in [-0.25, -0.2) is 0 Å². The van der Waals surface area contributed by atoms with E-state index < -0.39 is 0 Å². The van der Waals surface area contributed by atoms with Crippen molar-refractivity contribution in [3.63, 3.8) is 0 Å². The van der Waals surface area contributed by atoms with Crippen molar-refractivity contribution in [1.82, 2.24) is 4.98 Å². The number of pyridine rings is 1. The van der Waals surface area contributed by atoms with E-state index in [0.29, 0.717) is 18.6 Å². The van der Waals surface area contributed by atoms with E-state index in [2.05, 4.69) is 58.1 Å². The Morgan fingerprint density at radius 1 is 1.14 bits per heavy atom. The van der Waals surface area contributed by atoms with E-state index in [0.717, 1.165) is 43.5 Å². The Bertz CT molecular complexity index is 896. The number of hydrogen-bond donors (Lipinski definition) is 1. The van der Waals surface area contributed by atoms with Gasteiger partial charge in [0.1, 0.15) is 5.82 Å². The lowest BCUT2D eigenvalue weighted by atomic mass is 9.86. The van der Waals surface area contributed by atoms with Crippen LogP contribution in [0.25, 0.3) is 0 Å². The molecule has 29 heavy (non-hydrogen) atoms. The Labute approximate surface area is 172 Å². The van der Waals surface area contributed by atoms with Crippen molar-refractivity contribution in [2.45, 2.75) is 44.8 Å². The maximum atomic E-state index is 12.6. The molecule has 1 N–H and O–H groups in total. The van der Waals surface area contributed by atoms with Crippen molar-refractivity contribution in [2.75, 3.05) is 36.0 Å². The molecule has 0 radical (unpaired) electrons. The summed E-state index contributed by atoms with van der Waals surface area (Å²) in [4.78, 5) is 20.5. The van der Waals surface area contributed by atoms with Crippen LogP contribution in [0.5, 0.6) is 0 Å². The summed E-state index contributed by atoms with van der Waals surface area (Å²) in [7, 11) is 0. The van der Waals surface area contributed by atoms with Crippen LogP contribution < -0.4 is 15.4 Å². The highest BCUT2D eigenvalue weighted by Gasteiger charge is 2.41. The van der Waals surface area contributed by atoms with Gasteiger partial charge in [0, 0.05) is 43.5 Å². The minimum atomic E-state index is -0.00646. The predicted octanol–water partition coefficient (Wildman–Crippen LogP) is 3.45. The average molecular weight is 394 g/mol. The topological polar surface area (TPSA) is 48.6 Å². The molecule has 4 atom stereocenters. The molecule has 3 fully saturated rings. The minimum Gasteiger partial charge on any atom is -0.375 e. The van der Waals surface area contributed by atoms with E-state index >= 15 is 0 Å². The molecule has 1 aromatic carbocycles. The first-order valence-electron chi connectivity index (χ1n) is 11.1. The number of aromatic amines is 1. The van der Waals surface area contributed by atoms with Gasteiger partial charge in [0.15, 0.2) is 0 Å². The zero-order valence-corrected chi connectivity index (χ0v) is 17.2. The molecular weight excluding hydrogens is 362 g/mol. The van der Waals surface area contributed by atoms with Gasteiger partial charge in [0.2, 0.25) is 0 Å². The molecule has 3 heterocycles. The monoisotopic (exact) mass is 393 g/mol. The average Bonchev–Trinajstić information content (AvgIpc) is 3.13. The molecule has 5 rings (SSSR count). The number of benzene rings is 1. The molecule has 0 amide bonds. The highest BCUT2D eigenvalue weighted by atomic mass is 16.5. The van der Waals surface area contributed by atoms with Crippen LogP contribution in [0.3, 0.4) is 0 Å². The molecule has 2 bridgehead atoms. The van der Waals surface area contributed by atoms with Gasteiger partial charge < -0.3 is 19.5 Å². The SMILES string of the molecule is C[C@@H]1CN(c2cc(N3C[C@H]4CC[C@H](C4)[C@@H]3Cc3ccccc3)[nH]c(=O)c2)CCO1. The molecule has 1 aromatic heterocycles. The second-order valence-electron chi connectivity index (χ2n) is 9.06. The minimum absolute atomic E-state index is 0.00646. The first-order valence-corrected chi connectivity index (χ1v) is 11.1. The summed E-state index contributed by atoms with van der Waals surface area (Å²) in [6.07, 6.45) is 5.20. The van der Waals surface area contributed by atoms with Gasteiger partial charge in [0.25, 0.3) is 5.56 Å². The van der Waals surface area contributed by atoms with Crippen LogP contribution in [-0.2, 0) is 11.2 Å². The second-order valence-corrected chi connectivity index (χ2v) is 9.06. The Kier molecular flexibility index (Phi) is 5.08. The molecule has 2 aliphatic heterocycles. The Hall–Kier alpha value is -2.27. The lowest BCUT2D eigenvalue weighted by molar-refractivity contribution is 0.0532.